The molecule has 5 unspecified atom stereocenters. The number of benzene rings is 1. The molecule has 1 aliphatic heterocycles. The number of phenolic OH excluding ortho intramolecular Hbond substituents is 1. The number of aliphatic hydroxyl groups excluding tert-OH is 1. The highest BCUT2D eigenvalue weighted by Gasteiger charge is 2.39. The van der Waals surface area contributed by atoms with E-state index < -0.39 is 66.4 Å². The number of carbonyl (C=O) groups excluding carboxylic acids is 3. The van der Waals surface area contributed by atoms with Gasteiger partial charge in [-0.2, -0.15) is 0 Å². The summed E-state index contributed by atoms with van der Waals surface area (Å²) in [5.74, 6) is -5.05. The molecule has 0 saturated carbocycles. The number of carboxylic acids is 2. The second kappa shape index (κ2) is 12.1. The van der Waals surface area contributed by atoms with E-state index in [9.17, 15) is 39.3 Å². The number of likely N-dealkylation sites (tertiary alicyclic amines) is 1. The summed E-state index contributed by atoms with van der Waals surface area (Å²) < 4.78 is 0. The molecule has 2 rings (SSSR count). The number of carboxylic acid groups (broad SMARTS) is 2. The molecule has 0 spiro atoms. The van der Waals surface area contributed by atoms with Crippen molar-refractivity contribution < 1.29 is 44.4 Å². The lowest BCUT2D eigenvalue weighted by Crippen LogP contribution is -2.59. The Kier molecular flexibility index (Phi) is 9.54. The molecule has 0 aliphatic carbocycles. The minimum Gasteiger partial charge on any atom is -0.508 e. The third-order valence-electron chi connectivity index (χ3n) is 5.60. The Morgan fingerprint density at radius 3 is 2.29 bits per heavy atom. The van der Waals surface area contributed by atoms with Gasteiger partial charge in [0, 0.05) is 13.0 Å². The summed E-state index contributed by atoms with van der Waals surface area (Å²) in [5.41, 5.74) is 6.15. The van der Waals surface area contributed by atoms with Gasteiger partial charge in [-0.15, -0.1) is 0 Å². The van der Waals surface area contributed by atoms with E-state index in [1.54, 1.807) is 0 Å². The molecule has 13 nitrogen and oxygen atoms in total. The van der Waals surface area contributed by atoms with Crippen LogP contribution in [0.25, 0.3) is 0 Å². The van der Waals surface area contributed by atoms with E-state index in [4.69, 9.17) is 10.8 Å². The summed E-state index contributed by atoms with van der Waals surface area (Å²) in [6, 6.07) is 0.450. The molecular formula is C22H30N4O9. The number of carbonyl (C=O) groups is 5. The molecule has 1 aromatic carbocycles. The van der Waals surface area contributed by atoms with Crippen LogP contribution in [0.15, 0.2) is 24.3 Å². The van der Waals surface area contributed by atoms with Crippen LogP contribution in [0.1, 0.15) is 31.7 Å². The van der Waals surface area contributed by atoms with Gasteiger partial charge in [-0.25, -0.2) is 4.79 Å². The van der Waals surface area contributed by atoms with Crippen molar-refractivity contribution >= 4 is 29.7 Å². The first-order valence-corrected chi connectivity index (χ1v) is 11.0. The molecule has 0 bridgehead atoms. The molecule has 1 saturated heterocycles. The first-order chi connectivity index (χ1) is 16.4. The number of amides is 3. The maximum atomic E-state index is 12.9. The summed E-state index contributed by atoms with van der Waals surface area (Å²) in [7, 11) is 0. The van der Waals surface area contributed by atoms with E-state index >= 15 is 0 Å². The number of rotatable bonds is 11. The van der Waals surface area contributed by atoms with Crippen LogP contribution in [0.5, 0.6) is 5.75 Å². The van der Waals surface area contributed by atoms with E-state index in [0.29, 0.717) is 12.0 Å². The smallest absolute Gasteiger partial charge is 0.326 e. The number of hydrogen-bond donors (Lipinski definition) is 7. The molecule has 35 heavy (non-hydrogen) atoms. The number of phenols is 1. The van der Waals surface area contributed by atoms with Crippen molar-refractivity contribution in [2.24, 2.45) is 5.73 Å². The standard InChI is InChI=1S/C22H30N4O9/c1-11(27)18(20(32)24-15(22(34)35)9-12-4-6-13(28)7-5-12)25-19(31)16-3-2-8-26(16)21(33)14(23)10-17(29)30/h4-7,11,14-16,18,27-28H,2-3,8-10,23H2,1H3,(H,24,32)(H,25,31)(H,29,30)(H,34,35). The maximum Gasteiger partial charge on any atom is 0.326 e. The summed E-state index contributed by atoms with van der Waals surface area (Å²) in [5, 5.41) is 42.5. The van der Waals surface area contributed by atoms with Crippen molar-refractivity contribution in [1.29, 1.82) is 0 Å². The van der Waals surface area contributed by atoms with Crippen LogP contribution in [-0.4, -0.2) is 91.8 Å². The highest BCUT2D eigenvalue weighted by molar-refractivity contribution is 5.95. The average molecular weight is 495 g/mol. The van der Waals surface area contributed by atoms with Crippen molar-refractivity contribution in [2.75, 3.05) is 6.54 Å². The zero-order valence-corrected chi connectivity index (χ0v) is 19.1. The van der Waals surface area contributed by atoms with Crippen LogP contribution in [0.2, 0.25) is 0 Å². The van der Waals surface area contributed by atoms with Crippen LogP contribution in [-0.2, 0) is 30.4 Å². The minimum atomic E-state index is -1.52. The van der Waals surface area contributed by atoms with Gasteiger partial charge in [0.2, 0.25) is 17.7 Å². The Labute approximate surface area is 200 Å². The van der Waals surface area contributed by atoms with Crippen molar-refractivity contribution in [2.45, 2.75) is 62.9 Å². The lowest BCUT2D eigenvalue weighted by Gasteiger charge is -2.29. The van der Waals surface area contributed by atoms with E-state index in [0.717, 1.165) is 4.90 Å². The third-order valence-corrected chi connectivity index (χ3v) is 5.60. The first kappa shape index (κ1) is 27.5. The monoisotopic (exact) mass is 494 g/mol. The predicted molar refractivity (Wildman–Crippen MR) is 120 cm³/mol. The summed E-state index contributed by atoms with van der Waals surface area (Å²) in [4.78, 5) is 61.8. The molecule has 192 valence electrons. The fraction of sp³-hybridized carbons (Fsp3) is 0.500. The number of aromatic hydroxyl groups is 1. The largest absolute Gasteiger partial charge is 0.508 e. The first-order valence-electron chi connectivity index (χ1n) is 11.0. The average Bonchev–Trinajstić information content (AvgIpc) is 3.26. The zero-order chi connectivity index (χ0) is 26.3. The van der Waals surface area contributed by atoms with Crippen LogP contribution in [0.4, 0.5) is 0 Å². The second-order valence-electron chi connectivity index (χ2n) is 8.39. The number of nitrogens with zero attached hydrogens (tertiary/aromatic N) is 1. The van der Waals surface area contributed by atoms with Crippen LogP contribution in [0, 0.1) is 0 Å². The fourth-order valence-corrected chi connectivity index (χ4v) is 3.78. The molecule has 3 amide bonds. The Balaban J connectivity index is 2.08. The van der Waals surface area contributed by atoms with Gasteiger partial charge in [-0.05, 0) is 37.5 Å². The lowest BCUT2D eigenvalue weighted by molar-refractivity contribution is -0.145. The normalized spacial score (nSPS) is 18.7. The number of aliphatic hydroxyl groups is 1. The molecule has 0 radical (unpaired) electrons. The molecule has 1 fully saturated rings. The van der Waals surface area contributed by atoms with Gasteiger partial charge in [0.1, 0.15) is 23.9 Å². The second-order valence-corrected chi connectivity index (χ2v) is 8.39. The van der Waals surface area contributed by atoms with Gasteiger partial charge in [0.15, 0.2) is 0 Å². The topological polar surface area (TPSA) is 220 Å². The van der Waals surface area contributed by atoms with Gasteiger partial charge in [-0.1, -0.05) is 12.1 Å². The van der Waals surface area contributed by atoms with Crippen LogP contribution >= 0.6 is 0 Å². The maximum absolute atomic E-state index is 12.9. The van der Waals surface area contributed by atoms with E-state index in [-0.39, 0.29) is 25.1 Å². The molecule has 1 heterocycles. The predicted octanol–water partition coefficient (Wildman–Crippen LogP) is -1.84. The van der Waals surface area contributed by atoms with E-state index in [1.165, 1.54) is 31.2 Å². The molecule has 0 aromatic heterocycles. The SMILES string of the molecule is CC(O)C(NC(=O)C1CCCN1C(=O)C(N)CC(=O)O)C(=O)NC(Cc1ccc(O)cc1)C(=O)O. The quantitative estimate of drug-likeness (QED) is 0.182. The van der Waals surface area contributed by atoms with Crippen LogP contribution < -0.4 is 16.4 Å². The Morgan fingerprint density at radius 2 is 1.74 bits per heavy atom. The van der Waals surface area contributed by atoms with Crippen molar-refractivity contribution in [3.8, 4) is 5.75 Å². The number of nitrogens with one attached hydrogen (secondary N) is 2. The van der Waals surface area contributed by atoms with Gasteiger partial charge in [0.05, 0.1) is 18.6 Å². The molecular weight excluding hydrogens is 464 g/mol. The highest BCUT2D eigenvalue weighted by Crippen LogP contribution is 2.19. The minimum absolute atomic E-state index is 0.00935. The third kappa shape index (κ3) is 7.65. The lowest BCUT2D eigenvalue weighted by atomic mass is 10.0. The van der Waals surface area contributed by atoms with E-state index in [1.807, 2.05) is 0 Å². The summed E-state index contributed by atoms with van der Waals surface area (Å²) >= 11 is 0. The van der Waals surface area contributed by atoms with Crippen molar-refractivity contribution in [3.05, 3.63) is 29.8 Å². The number of aliphatic carboxylic acids is 2. The Hall–Kier alpha value is -3.71. The van der Waals surface area contributed by atoms with Gasteiger partial charge >= 0.3 is 11.9 Å². The molecule has 1 aromatic rings. The van der Waals surface area contributed by atoms with Crippen LogP contribution in [0.3, 0.4) is 0 Å². The Morgan fingerprint density at radius 1 is 1.11 bits per heavy atom. The van der Waals surface area contributed by atoms with E-state index in [2.05, 4.69) is 10.6 Å². The highest BCUT2D eigenvalue weighted by atomic mass is 16.4. The summed E-state index contributed by atoms with van der Waals surface area (Å²) in [6.45, 7) is 1.41. The summed E-state index contributed by atoms with van der Waals surface area (Å²) in [6.07, 6.45) is -1.44. The zero-order valence-electron chi connectivity index (χ0n) is 19.1. The Bertz CT molecular complexity index is 951. The van der Waals surface area contributed by atoms with Crippen molar-refractivity contribution in [3.63, 3.8) is 0 Å². The fourth-order valence-electron chi connectivity index (χ4n) is 3.78. The molecule has 1 aliphatic rings. The molecule has 13 heteroatoms. The number of hydrogen-bond acceptors (Lipinski definition) is 8. The molecule has 5 atom stereocenters. The molecule has 8 N–H and O–H groups in total. The van der Waals surface area contributed by atoms with Gasteiger partial charge in [0.25, 0.3) is 0 Å². The van der Waals surface area contributed by atoms with Gasteiger partial charge in [-0.3, -0.25) is 19.2 Å². The van der Waals surface area contributed by atoms with Crippen molar-refractivity contribution in [1.82, 2.24) is 15.5 Å². The van der Waals surface area contributed by atoms with Gasteiger partial charge < -0.3 is 41.7 Å². The number of nitrogens with two attached hydrogens (primary N) is 1.